The number of aliphatic hydroxyl groups excluding tert-OH is 1. The molecule has 9 aromatic rings. The van der Waals surface area contributed by atoms with Crippen LogP contribution in [-0.4, -0.2) is 215 Å². The van der Waals surface area contributed by atoms with Crippen LogP contribution in [0, 0.1) is 34.6 Å². The van der Waals surface area contributed by atoms with Gasteiger partial charge in [-0.05, 0) is 301 Å². The van der Waals surface area contributed by atoms with Gasteiger partial charge in [0, 0.05) is 156 Å². The SMILES string of the molecule is CNS(=O)(=O)c1ccc2c(c1)/C(=C1\CCc3c1[nH]c(C)c3C(=O)NCC(O)CNC1CC1)C(=O)N2.Cc1[nH]c(/C=C2\C(=O)Nc3ccc(S(=O)(=O)Cc4c(Cl)cccc4Cl)cc32)c(C)c1C(=O)N1CCC[C@H]1CN1CCCC1.Cc1[nH]c2c(c1C(=O)NCCCN1CCCC1)CCC/C2=C1/C(=O)Nc2ccc(Br)cc21.Cc1c(C(=O)O)c[nH]c1/C=C1\C(=O)Nc2ccc3c(c21)CCOS3(=O)=O. The standard InChI is InChI=1S/C32H34Cl2N4O4S.C25H29BrN4O2.C24H29N5O5S.C17H14N2O6S/c1-19-29(35-20(2)30(19)32(40)38-14-6-7-21(38)17-37-12-3-4-13-37)16-24-23-15-22(10-11-28(23)36-31(24)39)43(41,42)18-25-26(33)8-5-9-27(25)34;1-15-21(24(31)27-10-5-13-30-11-2-3-12-30)17-6-4-7-18(23(17)28-15)22-19-14-16(26)8-9-20(19)29-25(22)32;1-12-20(23(31)27-11-14(30)10-26-13-3-4-13)16-6-7-17(22(16)28-12)21-18-9-15(35(33,34)25-2)5-8-19(18)29-24(21)32;1-8-11(17(21)22)7-18-13(8)6-10-15-9-4-5-25-26(23,24)14(9)3-2-12(15)19-16(10)20/h5,8-11,15-16,21,35H,3-4,6-7,12-14,17-18H2,1-2H3,(H,36,39);8-9,14,28H,2-7,10-13H2,1H3,(H,27,31)(H,29,32);5,8-9,13-14,25-26,28,30H,3-4,6-7,10-11H2,1-2H3,(H,27,31)(H,29,32);2-3,6-7,18H,4-5H2,1H3,(H,19,20)(H,21,22)/b24-16-;22-18-;21-17-;10-6-/t21-;;;/m0.../s1. The zero-order valence-corrected chi connectivity index (χ0v) is 81.4. The first-order valence-corrected chi connectivity index (χ1v) is 51.8. The summed E-state index contributed by atoms with van der Waals surface area (Å²) in [6, 6.07) is 23.5. The predicted molar refractivity (Wildman–Crippen MR) is 525 cm³/mol. The lowest BCUT2D eigenvalue weighted by atomic mass is 9.86. The number of aryl methyl sites for hydroxylation is 3. The van der Waals surface area contributed by atoms with E-state index < -0.39 is 42.1 Å². The van der Waals surface area contributed by atoms with Crippen LogP contribution in [0.1, 0.15) is 214 Å². The molecule has 2 atom stereocenters. The normalized spacial score (nSPS) is 19.8. The van der Waals surface area contributed by atoms with Gasteiger partial charge >= 0.3 is 5.97 Å². The number of aromatic nitrogens is 4. The number of rotatable bonds is 22. The van der Waals surface area contributed by atoms with E-state index in [1.54, 1.807) is 56.3 Å². The summed E-state index contributed by atoms with van der Waals surface area (Å²) in [5.41, 5.74) is 19.5. The molecule has 1 unspecified atom stereocenters. The number of carboxylic acid groups (broad SMARTS) is 1. The van der Waals surface area contributed by atoms with Gasteiger partial charge in [-0.3, -0.25) is 37.7 Å². The molecule has 4 fully saturated rings. The number of aromatic carboxylic acids is 1. The zero-order valence-electron chi connectivity index (χ0n) is 75.9. The lowest BCUT2D eigenvalue weighted by Gasteiger charge is -2.28. The second-order valence-corrected chi connectivity index (χ2v) is 43.1. The van der Waals surface area contributed by atoms with Crippen molar-refractivity contribution in [3.05, 3.63) is 223 Å². The average molecular weight is 2010 g/mol. The number of sulfonamides is 1. The molecule has 20 rings (SSSR count). The van der Waals surface area contributed by atoms with Gasteiger partial charge in [0.1, 0.15) is 0 Å². The second kappa shape index (κ2) is 39.6. The summed E-state index contributed by atoms with van der Waals surface area (Å²) in [5, 5.41) is 40.4. The molecule has 11 aliphatic rings. The van der Waals surface area contributed by atoms with Crippen LogP contribution in [0.5, 0.6) is 0 Å². The summed E-state index contributed by atoms with van der Waals surface area (Å²) in [6.07, 6.45) is 18.2. The average Bonchev–Trinajstić information content (AvgIpc) is 1.57. The number of carboxylic acids is 1. The number of amides is 7. The highest BCUT2D eigenvalue weighted by Crippen LogP contribution is 2.49. The molecule has 14 N–H and O–H groups in total. The molecule has 3 aliphatic carbocycles. The van der Waals surface area contributed by atoms with Gasteiger partial charge < -0.3 is 82.1 Å². The van der Waals surface area contributed by atoms with E-state index in [-0.39, 0.29) is 102 Å². The minimum atomic E-state index is -3.84. The Hall–Kier alpha value is -11.4. The van der Waals surface area contributed by atoms with E-state index in [9.17, 15) is 68.7 Å². The van der Waals surface area contributed by atoms with Crippen molar-refractivity contribution in [1.82, 2.24) is 55.3 Å². The van der Waals surface area contributed by atoms with Crippen molar-refractivity contribution in [1.29, 1.82) is 0 Å². The van der Waals surface area contributed by atoms with E-state index in [1.807, 2.05) is 43.9 Å². The highest BCUT2D eigenvalue weighted by molar-refractivity contribution is 9.10. The Labute approximate surface area is 805 Å². The van der Waals surface area contributed by atoms with Crippen molar-refractivity contribution >= 4 is 185 Å². The van der Waals surface area contributed by atoms with Crippen molar-refractivity contribution in [2.24, 2.45) is 0 Å². The monoisotopic (exact) mass is 2010 g/mol. The molecule has 38 heteroatoms. The van der Waals surface area contributed by atoms with Crippen LogP contribution in [0.3, 0.4) is 0 Å². The van der Waals surface area contributed by atoms with Crippen LogP contribution in [0.2, 0.25) is 10.0 Å². The van der Waals surface area contributed by atoms with Gasteiger partial charge in [0.05, 0.1) is 77.7 Å². The number of anilines is 4. The Kier molecular flexibility index (Phi) is 28.0. The fourth-order valence-corrected chi connectivity index (χ4v) is 24.4. The van der Waals surface area contributed by atoms with Crippen LogP contribution in [0.4, 0.5) is 22.7 Å². The van der Waals surface area contributed by atoms with Crippen molar-refractivity contribution in [3.8, 4) is 0 Å². The fraction of sp³-hybridized carbons (Fsp3) is 0.367. The molecule has 3 saturated heterocycles. The minimum Gasteiger partial charge on any atom is -0.478 e. The number of carbonyl (C=O) groups is 8. The van der Waals surface area contributed by atoms with Crippen molar-refractivity contribution < 1.29 is 78.0 Å². The van der Waals surface area contributed by atoms with Crippen LogP contribution in [-0.2, 0) is 78.4 Å². The van der Waals surface area contributed by atoms with Gasteiger partial charge in [0.15, 0.2) is 9.84 Å². The van der Waals surface area contributed by atoms with Gasteiger partial charge in [-0.2, -0.15) is 8.42 Å². The molecule has 12 heterocycles. The van der Waals surface area contributed by atoms with Crippen LogP contribution in [0.25, 0.3) is 45.6 Å². The number of likely N-dealkylation sites (tertiary alicyclic amines) is 3. The molecule has 4 aromatic heterocycles. The van der Waals surface area contributed by atoms with Crippen molar-refractivity contribution in [2.75, 3.05) is 100 Å². The molecule has 136 heavy (non-hydrogen) atoms. The molecule has 1 saturated carbocycles. The number of fused-ring (bicyclic) bond motifs is 8. The number of aromatic amines is 4. The predicted octanol–water partition coefficient (Wildman–Crippen LogP) is 13.3. The summed E-state index contributed by atoms with van der Waals surface area (Å²) in [7, 11) is -10.0. The number of sulfone groups is 1. The number of hydrogen-bond acceptors (Lipinski definition) is 19. The minimum absolute atomic E-state index is 0.00769. The van der Waals surface area contributed by atoms with Gasteiger partial charge in [-0.1, -0.05) is 45.2 Å². The topological polar surface area (TPSA) is 458 Å². The summed E-state index contributed by atoms with van der Waals surface area (Å²) in [6.45, 7) is 17.7. The van der Waals surface area contributed by atoms with E-state index in [2.05, 4.69) is 87.6 Å². The Bertz CT molecular complexity index is 6950. The third-order valence-electron chi connectivity index (χ3n) is 27.0. The number of nitrogens with one attached hydrogen (secondary N) is 12. The van der Waals surface area contributed by atoms with E-state index >= 15 is 0 Å². The number of nitrogens with zero attached hydrogens (tertiary/aromatic N) is 3. The summed E-state index contributed by atoms with van der Waals surface area (Å²) in [5.74, 6) is -2.79. The number of aliphatic hydroxyl groups is 1. The van der Waals surface area contributed by atoms with E-state index in [0.717, 1.165) is 162 Å². The summed E-state index contributed by atoms with van der Waals surface area (Å²) >= 11 is 16.0. The molecule has 8 aliphatic heterocycles. The smallest absolute Gasteiger partial charge is 0.337 e. The summed E-state index contributed by atoms with van der Waals surface area (Å²) in [4.78, 5) is 122. The number of carbonyl (C=O) groups excluding carboxylic acids is 7. The Morgan fingerprint density at radius 1 is 0.603 bits per heavy atom. The lowest BCUT2D eigenvalue weighted by molar-refractivity contribution is -0.111. The molecular weight excluding hydrogens is 1910 g/mol. The number of allylic oxidation sites excluding steroid dienone is 2. The van der Waals surface area contributed by atoms with E-state index in [0.29, 0.717) is 128 Å². The lowest BCUT2D eigenvalue weighted by Crippen LogP contribution is -2.42. The number of benzene rings is 5. The maximum Gasteiger partial charge on any atom is 0.337 e. The molecule has 0 spiro atoms. The Morgan fingerprint density at radius 3 is 1.85 bits per heavy atom. The quantitative estimate of drug-likeness (QED) is 0.0170. The van der Waals surface area contributed by atoms with E-state index in [4.69, 9.17) is 32.5 Å². The maximum absolute atomic E-state index is 13.8. The third-order valence-corrected chi connectivity index (χ3v) is 32.7. The molecular formula is C98H106BrCl2N15O17S3. The Morgan fingerprint density at radius 2 is 1.18 bits per heavy atom. The second-order valence-electron chi connectivity index (χ2n) is 35.9. The first-order chi connectivity index (χ1) is 65.0. The molecule has 0 radical (unpaired) electrons. The summed E-state index contributed by atoms with van der Waals surface area (Å²) < 4.78 is 83.8. The van der Waals surface area contributed by atoms with Gasteiger partial charge in [-0.25, -0.2) is 26.4 Å². The molecule has 714 valence electrons. The third kappa shape index (κ3) is 19.7. The van der Waals surface area contributed by atoms with Gasteiger partial charge in [0.2, 0.25) is 10.0 Å². The largest absolute Gasteiger partial charge is 0.478 e. The maximum atomic E-state index is 13.8. The number of halogens is 3. The van der Waals surface area contributed by atoms with Crippen LogP contribution < -0.4 is 41.9 Å². The number of H-pyrrole nitrogens is 4. The molecule has 5 aromatic carbocycles. The first-order valence-electron chi connectivity index (χ1n) is 45.7. The highest BCUT2D eigenvalue weighted by Gasteiger charge is 2.41. The number of hydrogen-bond donors (Lipinski definition) is 14. The van der Waals surface area contributed by atoms with Crippen molar-refractivity contribution in [2.45, 2.75) is 170 Å². The van der Waals surface area contributed by atoms with Crippen LogP contribution in [0.15, 0.2) is 110 Å². The molecule has 32 nitrogen and oxygen atoms in total. The van der Waals surface area contributed by atoms with Gasteiger partial charge in [-0.15, -0.1) is 0 Å². The highest BCUT2D eigenvalue weighted by atomic mass is 79.9. The molecule has 0 bridgehead atoms. The van der Waals surface area contributed by atoms with Gasteiger partial charge in [0.25, 0.3) is 51.5 Å². The van der Waals surface area contributed by atoms with Crippen molar-refractivity contribution in [3.63, 3.8) is 0 Å². The Balaban J connectivity index is 0.000000128. The van der Waals surface area contributed by atoms with E-state index in [1.165, 1.54) is 88.4 Å². The molecule has 7 amide bonds. The zero-order chi connectivity index (χ0) is 96.2. The fourth-order valence-electron chi connectivity index (χ4n) is 20.0. The first kappa shape index (κ1) is 96.3. The van der Waals surface area contributed by atoms with Crippen LogP contribution >= 0.6 is 39.1 Å².